The van der Waals surface area contributed by atoms with Crippen LogP contribution in [0.2, 0.25) is 0 Å². The highest BCUT2D eigenvalue weighted by atomic mass is 15.1. The molecule has 0 amide bonds. The molecule has 0 saturated heterocycles. The number of hydrogen-bond acceptors (Lipinski definition) is 2. The zero-order valence-corrected chi connectivity index (χ0v) is 10.5. The molecule has 3 rings (SSSR count). The number of rotatable bonds is 3. The molecule has 0 saturated carbocycles. The van der Waals surface area contributed by atoms with Gasteiger partial charge < -0.3 is 5.73 Å². The van der Waals surface area contributed by atoms with E-state index in [-0.39, 0.29) is 0 Å². The molecule has 0 aliphatic rings. The first-order valence-electron chi connectivity index (χ1n) is 6.26. The van der Waals surface area contributed by atoms with Gasteiger partial charge in [0.2, 0.25) is 0 Å². The number of aromatic amines is 1. The second-order valence-electron chi connectivity index (χ2n) is 4.41. The van der Waals surface area contributed by atoms with E-state index in [1.807, 2.05) is 24.4 Å². The Balaban J connectivity index is 1.96. The predicted octanol–water partition coefficient (Wildman–Crippen LogP) is 3.20. The average molecular weight is 249 g/mol. The molecule has 0 spiro atoms. The number of nitrogens with zero attached hydrogens (tertiary/aromatic N) is 1. The highest BCUT2D eigenvalue weighted by Crippen LogP contribution is 2.25. The van der Waals surface area contributed by atoms with E-state index in [4.69, 9.17) is 5.73 Å². The molecular weight excluding hydrogens is 234 g/mol. The number of aromatic nitrogens is 2. The van der Waals surface area contributed by atoms with Crippen LogP contribution in [-0.2, 0) is 6.54 Å². The van der Waals surface area contributed by atoms with Gasteiger partial charge in [-0.05, 0) is 16.7 Å². The number of hydrogen-bond donors (Lipinski definition) is 2. The van der Waals surface area contributed by atoms with Gasteiger partial charge in [0.05, 0.1) is 11.9 Å². The summed E-state index contributed by atoms with van der Waals surface area (Å²) in [6.07, 6.45) is 1.82. The van der Waals surface area contributed by atoms with Crippen LogP contribution in [-0.4, -0.2) is 10.2 Å². The van der Waals surface area contributed by atoms with Crippen molar-refractivity contribution >= 4 is 0 Å². The highest BCUT2D eigenvalue weighted by molar-refractivity contribution is 5.71. The molecule has 0 bridgehead atoms. The van der Waals surface area contributed by atoms with Crippen LogP contribution in [0.5, 0.6) is 0 Å². The van der Waals surface area contributed by atoms with E-state index >= 15 is 0 Å². The summed E-state index contributed by atoms with van der Waals surface area (Å²) in [5, 5.41) is 6.97. The summed E-state index contributed by atoms with van der Waals surface area (Å²) in [6.45, 7) is 0.468. The van der Waals surface area contributed by atoms with Crippen molar-refractivity contribution in [2.45, 2.75) is 6.54 Å². The lowest BCUT2D eigenvalue weighted by molar-refractivity contribution is 0.948. The lowest BCUT2D eigenvalue weighted by atomic mass is 10.0. The molecule has 94 valence electrons. The zero-order valence-electron chi connectivity index (χ0n) is 10.5. The van der Waals surface area contributed by atoms with E-state index in [2.05, 4.69) is 46.6 Å². The number of H-pyrrole nitrogens is 1. The van der Waals surface area contributed by atoms with Gasteiger partial charge in [-0.3, -0.25) is 5.10 Å². The van der Waals surface area contributed by atoms with E-state index in [9.17, 15) is 0 Å². The second-order valence-corrected chi connectivity index (χ2v) is 4.41. The highest BCUT2D eigenvalue weighted by Gasteiger charge is 2.06. The minimum absolute atomic E-state index is 0.468. The quantitative estimate of drug-likeness (QED) is 0.749. The second kappa shape index (κ2) is 5.08. The number of nitrogens with two attached hydrogens (primary N) is 1. The van der Waals surface area contributed by atoms with Crippen molar-refractivity contribution in [3.63, 3.8) is 0 Å². The summed E-state index contributed by atoms with van der Waals surface area (Å²) in [6, 6.07) is 18.8. The van der Waals surface area contributed by atoms with Crippen molar-refractivity contribution in [2.24, 2.45) is 5.73 Å². The minimum Gasteiger partial charge on any atom is -0.325 e. The Kier molecular flexibility index (Phi) is 3.12. The molecule has 3 aromatic rings. The van der Waals surface area contributed by atoms with E-state index in [0.717, 1.165) is 16.8 Å². The first-order chi connectivity index (χ1) is 9.38. The van der Waals surface area contributed by atoms with Crippen molar-refractivity contribution in [1.82, 2.24) is 10.2 Å². The van der Waals surface area contributed by atoms with Crippen molar-refractivity contribution in [3.8, 4) is 22.3 Å². The van der Waals surface area contributed by atoms with Crippen LogP contribution in [0.1, 0.15) is 5.69 Å². The molecule has 3 heteroatoms. The third-order valence-corrected chi connectivity index (χ3v) is 3.23. The monoisotopic (exact) mass is 249 g/mol. The molecule has 3 N–H and O–H groups in total. The SMILES string of the molecule is NCc1[nH]ncc1-c1ccc(-c2ccccc2)cc1. The van der Waals surface area contributed by atoms with E-state index in [1.165, 1.54) is 11.1 Å². The van der Waals surface area contributed by atoms with Crippen molar-refractivity contribution in [2.75, 3.05) is 0 Å². The van der Waals surface area contributed by atoms with Gasteiger partial charge in [-0.1, -0.05) is 54.6 Å². The van der Waals surface area contributed by atoms with Crippen LogP contribution < -0.4 is 5.73 Å². The van der Waals surface area contributed by atoms with E-state index in [1.54, 1.807) is 0 Å². The smallest absolute Gasteiger partial charge is 0.0569 e. The predicted molar refractivity (Wildman–Crippen MR) is 77.4 cm³/mol. The molecule has 1 heterocycles. The van der Waals surface area contributed by atoms with Gasteiger partial charge in [0.25, 0.3) is 0 Å². The van der Waals surface area contributed by atoms with E-state index < -0.39 is 0 Å². The maximum atomic E-state index is 5.68. The van der Waals surface area contributed by atoms with Gasteiger partial charge in [0, 0.05) is 12.1 Å². The molecule has 19 heavy (non-hydrogen) atoms. The Labute approximate surface area is 112 Å². The number of nitrogens with one attached hydrogen (secondary N) is 1. The molecule has 0 aliphatic heterocycles. The standard InChI is InChI=1S/C16H15N3/c17-10-16-15(11-18-19-16)14-8-6-13(7-9-14)12-4-2-1-3-5-12/h1-9,11H,10,17H2,(H,18,19). The maximum Gasteiger partial charge on any atom is 0.0569 e. The number of benzene rings is 2. The molecule has 1 aromatic heterocycles. The Morgan fingerprint density at radius 1 is 0.842 bits per heavy atom. The van der Waals surface area contributed by atoms with Crippen molar-refractivity contribution in [1.29, 1.82) is 0 Å². The Morgan fingerprint density at radius 2 is 1.47 bits per heavy atom. The van der Waals surface area contributed by atoms with Crippen molar-refractivity contribution in [3.05, 3.63) is 66.5 Å². The van der Waals surface area contributed by atoms with Gasteiger partial charge >= 0.3 is 0 Å². The van der Waals surface area contributed by atoms with Crippen LogP contribution in [0.4, 0.5) is 0 Å². The summed E-state index contributed by atoms with van der Waals surface area (Å²) in [5.41, 5.74) is 11.3. The largest absolute Gasteiger partial charge is 0.325 e. The van der Waals surface area contributed by atoms with Crippen LogP contribution in [0.3, 0.4) is 0 Å². The van der Waals surface area contributed by atoms with Gasteiger partial charge in [0.15, 0.2) is 0 Å². The van der Waals surface area contributed by atoms with Crippen LogP contribution >= 0.6 is 0 Å². The fourth-order valence-electron chi connectivity index (χ4n) is 2.19. The zero-order chi connectivity index (χ0) is 13.1. The molecule has 0 atom stereocenters. The summed E-state index contributed by atoms with van der Waals surface area (Å²) < 4.78 is 0. The summed E-state index contributed by atoms with van der Waals surface area (Å²) in [7, 11) is 0. The Bertz CT molecular complexity index is 654. The molecular formula is C16H15N3. The lowest BCUT2D eigenvalue weighted by Crippen LogP contribution is -1.98. The van der Waals surface area contributed by atoms with E-state index in [0.29, 0.717) is 6.54 Å². The molecule has 0 fully saturated rings. The summed E-state index contributed by atoms with van der Waals surface area (Å²) in [5.74, 6) is 0. The fraction of sp³-hybridized carbons (Fsp3) is 0.0625. The Hall–Kier alpha value is -2.39. The first-order valence-corrected chi connectivity index (χ1v) is 6.26. The topological polar surface area (TPSA) is 54.7 Å². The van der Waals surface area contributed by atoms with Crippen LogP contribution in [0, 0.1) is 0 Å². The van der Waals surface area contributed by atoms with Gasteiger partial charge in [-0.2, -0.15) is 5.10 Å². The lowest BCUT2D eigenvalue weighted by Gasteiger charge is -2.04. The van der Waals surface area contributed by atoms with Crippen LogP contribution in [0.25, 0.3) is 22.3 Å². The normalized spacial score (nSPS) is 10.6. The molecule has 2 aromatic carbocycles. The fourth-order valence-corrected chi connectivity index (χ4v) is 2.19. The molecule has 0 aliphatic carbocycles. The molecule has 3 nitrogen and oxygen atoms in total. The summed E-state index contributed by atoms with van der Waals surface area (Å²) in [4.78, 5) is 0. The maximum absolute atomic E-state index is 5.68. The Morgan fingerprint density at radius 3 is 2.16 bits per heavy atom. The van der Waals surface area contributed by atoms with Crippen molar-refractivity contribution < 1.29 is 0 Å². The molecule has 0 unspecified atom stereocenters. The summed E-state index contributed by atoms with van der Waals surface area (Å²) >= 11 is 0. The van der Waals surface area contributed by atoms with Crippen LogP contribution in [0.15, 0.2) is 60.8 Å². The third kappa shape index (κ3) is 2.28. The molecule has 0 radical (unpaired) electrons. The van der Waals surface area contributed by atoms with Gasteiger partial charge in [-0.15, -0.1) is 0 Å². The third-order valence-electron chi connectivity index (χ3n) is 3.23. The minimum atomic E-state index is 0.468. The first kappa shape index (κ1) is 11.7. The van der Waals surface area contributed by atoms with Gasteiger partial charge in [-0.25, -0.2) is 0 Å². The average Bonchev–Trinajstić information content (AvgIpc) is 2.97. The van der Waals surface area contributed by atoms with Gasteiger partial charge in [0.1, 0.15) is 0 Å².